The molecular formula is C19H12N6O4S. The first-order valence-electron chi connectivity index (χ1n) is 8.77. The summed E-state index contributed by atoms with van der Waals surface area (Å²) in [5.41, 5.74) is 0.597. The van der Waals surface area contributed by atoms with Crippen LogP contribution in [0.5, 0.6) is 0 Å². The van der Waals surface area contributed by atoms with E-state index >= 15 is 0 Å². The van der Waals surface area contributed by atoms with E-state index < -0.39 is 4.92 Å². The summed E-state index contributed by atoms with van der Waals surface area (Å²) in [5, 5.41) is 17.7. The molecule has 10 nitrogen and oxygen atoms in total. The average Bonchev–Trinajstić information content (AvgIpc) is 3.50. The Morgan fingerprint density at radius 3 is 2.87 bits per heavy atom. The molecule has 0 aliphatic carbocycles. The lowest BCUT2D eigenvalue weighted by Gasteiger charge is -2.05. The highest BCUT2D eigenvalue weighted by atomic mass is 32.1. The van der Waals surface area contributed by atoms with E-state index in [-0.39, 0.29) is 34.5 Å². The summed E-state index contributed by atoms with van der Waals surface area (Å²) < 4.78 is 8.18. The van der Waals surface area contributed by atoms with Gasteiger partial charge >= 0.3 is 0 Å². The van der Waals surface area contributed by atoms with Gasteiger partial charge in [0.05, 0.1) is 28.2 Å². The highest BCUT2D eigenvalue weighted by Crippen LogP contribution is 2.25. The van der Waals surface area contributed by atoms with Gasteiger partial charge < -0.3 is 4.42 Å². The summed E-state index contributed by atoms with van der Waals surface area (Å²) in [7, 11) is 0. The third kappa shape index (κ3) is 2.97. The summed E-state index contributed by atoms with van der Waals surface area (Å²) in [6.45, 7) is 0.174. The van der Waals surface area contributed by atoms with Crippen LogP contribution in [0.15, 0.2) is 69.8 Å². The maximum Gasteiger partial charge on any atom is 0.294 e. The number of fused-ring (bicyclic) bond motifs is 1. The van der Waals surface area contributed by atoms with E-state index in [9.17, 15) is 14.9 Å². The number of hydrogen-bond acceptors (Lipinski definition) is 8. The standard InChI is InChI=1S/C19H12N6O4S/c26-19-13-8-21-24(14-4-1-2-5-15(14)25(27)28)17(13)20-11-23(19)9-12-10-29-18(22-12)16-6-3-7-30-16/h1-8,10-11H,9H2. The van der Waals surface area contributed by atoms with Crippen molar-refractivity contribution in [2.24, 2.45) is 0 Å². The Labute approximate surface area is 171 Å². The maximum absolute atomic E-state index is 12.9. The lowest BCUT2D eigenvalue weighted by atomic mass is 10.2. The Balaban J connectivity index is 1.52. The average molecular weight is 420 g/mol. The molecule has 148 valence electrons. The van der Waals surface area contributed by atoms with Crippen LogP contribution >= 0.6 is 11.3 Å². The van der Waals surface area contributed by atoms with Crippen molar-refractivity contribution < 1.29 is 9.34 Å². The van der Waals surface area contributed by atoms with Gasteiger partial charge in [-0.3, -0.25) is 19.5 Å². The Bertz CT molecular complexity index is 1430. The second kappa shape index (κ2) is 7.04. The quantitative estimate of drug-likeness (QED) is 0.316. The molecule has 1 aromatic carbocycles. The van der Waals surface area contributed by atoms with Crippen LogP contribution in [0.2, 0.25) is 0 Å². The van der Waals surface area contributed by atoms with Gasteiger partial charge in [0.1, 0.15) is 23.7 Å². The van der Waals surface area contributed by atoms with Crippen molar-refractivity contribution in [1.82, 2.24) is 24.3 Å². The number of rotatable bonds is 5. The minimum atomic E-state index is -0.500. The van der Waals surface area contributed by atoms with Crippen molar-refractivity contribution in [1.29, 1.82) is 0 Å². The molecule has 0 saturated heterocycles. The van der Waals surface area contributed by atoms with E-state index in [1.54, 1.807) is 18.2 Å². The number of nitro benzene ring substituents is 1. The Morgan fingerprint density at radius 1 is 1.20 bits per heavy atom. The van der Waals surface area contributed by atoms with Crippen molar-refractivity contribution >= 4 is 28.1 Å². The van der Waals surface area contributed by atoms with Gasteiger partial charge in [-0.05, 0) is 17.5 Å². The molecule has 0 amide bonds. The van der Waals surface area contributed by atoms with Crippen molar-refractivity contribution in [3.8, 4) is 16.5 Å². The first kappa shape index (κ1) is 17.9. The molecule has 0 bridgehead atoms. The SMILES string of the molecule is O=c1c2cnn(-c3ccccc3[N+](=O)[O-])c2ncn1Cc1coc(-c2cccs2)n1. The summed E-state index contributed by atoms with van der Waals surface area (Å²) in [4.78, 5) is 33.4. The van der Waals surface area contributed by atoms with Gasteiger partial charge in [-0.1, -0.05) is 18.2 Å². The van der Waals surface area contributed by atoms with Crippen molar-refractivity contribution in [2.75, 3.05) is 0 Å². The van der Waals surface area contributed by atoms with Crippen LogP contribution < -0.4 is 5.56 Å². The zero-order valence-electron chi connectivity index (χ0n) is 15.2. The number of oxazole rings is 1. The van der Waals surface area contributed by atoms with Gasteiger partial charge in [0.15, 0.2) is 5.65 Å². The minimum absolute atomic E-state index is 0.128. The maximum atomic E-state index is 12.9. The molecule has 0 fully saturated rings. The van der Waals surface area contributed by atoms with Crippen LogP contribution in [0.3, 0.4) is 0 Å². The molecule has 5 rings (SSSR count). The lowest BCUT2D eigenvalue weighted by Crippen LogP contribution is -2.21. The molecule has 4 aromatic heterocycles. The van der Waals surface area contributed by atoms with Crippen LogP contribution in [-0.2, 0) is 6.54 Å². The van der Waals surface area contributed by atoms with Gasteiger partial charge in [0.25, 0.3) is 11.2 Å². The summed E-state index contributed by atoms with van der Waals surface area (Å²) >= 11 is 1.51. The first-order valence-corrected chi connectivity index (χ1v) is 9.65. The second-order valence-corrected chi connectivity index (χ2v) is 7.29. The van der Waals surface area contributed by atoms with Crippen LogP contribution in [0.25, 0.3) is 27.5 Å². The number of hydrogen-bond donors (Lipinski definition) is 0. The van der Waals surface area contributed by atoms with E-state index in [1.807, 2.05) is 17.5 Å². The molecule has 11 heteroatoms. The van der Waals surface area contributed by atoms with E-state index in [4.69, 9.17) is 4.42 Å². The third-order valence-corrected chi connectivity index (χ3v) is 5.34. The highest BCUT2D eigenvalue weighted by Gasteiger charge is 2.19. The molecule has 5 aromatic rings. The van der Waals surface area contributed by atoms with Crippen molar-refractivity contribution in [2.45, 2.75) is 6.54 Å². The van der Waals surface area contributed by atoms with Gasteiger partial charge in [-0.15, -0.1) is 11.3 Å². The number of nitrogens with zero attached hydrogens (tertiary/aromatic N) is 6. The van der Waals surface area contributed by atoms with Crippen molar-refractivity contribution in [3.05, 3.63) is 86.7 Å². The van der Waals surface area contributed by atoms with Gasteiger partial charge in [0, 0.05) is 6.07 Å². The normalized spacial score (nSPS) is 11.2. The highest BCUT2D eigenvalue weighted by molar-refractivity contribution is 7.13. The number of aromatic nitrogens is 5. The van der Waals surface area contributed by atoms with Crippen LogP contribution in [0, 0.1) is 10.1 Å². The van der Waals surface area contributed by atoms with Crippen LogP contribution in [0.1, 0.15) is 5.69 Å². The fourth-order valence-corrected chi connectivity index (χ4v) is 3.76. The zero-order valence-corrected chi connectivity index (χ0v) is 16.0. The fraction of sp³-hybridized carbons (Fsp3) is 0.0526. The molecule has 0 spiro atoms. The van der Waals surface area contributed by atoms with Gasteiger partial charge in [-0.2, -0.15) is 5.10 Å². The monoisotopic (exact) mass is 420 g/mol. The largest absolute Gasteiger partial charge is 0.443 e. The van der Waals surface area contributed by atoms with Crippen molar-refractivity contribution in [3.63, 3.8) is 0 Å². The molecule has 0 aliphatic heterocycles. The number of thiophene rings is 1. The minimum Gasteiger partial charge on any atom is -0.443 e. The summed E-state index contributed by atoms with van der Waals surface area (Å²) in [6, 6.07) is 9.96. The van der Waals surface area contributed by atoms with Gasteiger partial charge in [0.2, 0.25) is 5.89 Å². The summed E-state index contributed by atoms with van der Waals surface area (Å²) in [6.07, 6.45) is 4.23. The van der Waals surface area contributed by atoms with Crippen LogP contribution in [-0.4, -0.2) is 29.2 Å². The molecular weight excluding hydrogens is 408 g/mol. The molecule has 0 atom stereocenters. The van der Waals surface area contributed by atoms with E-state index in [2.05, 4.69) is 15.1 Å². The third-order valence-electron chi connectivity index (χ3n) is 4.48. The van der Waals surface area contributed by atoms with E-state index in [1.165, 1.54) is 45.4 Å². The molecule has 4 heterocycles. The molecule has 0 saturated carbocycles. The fourth-order valence-electron chi connectivity index (χ4n) is 3.10. The topological polar surface area (TPSA) is 122 Å². The molecule has 0 unspecified atom stereocenters. The molecule has 0 N–H and O–H groups in total. The van der Waals surface area contributed by atoms with Gasteiger partial charge in [-0.25, -0.2) is 14.6 Å². The molecule has 0 aliphatic rings. The van der Waals surface area contributed by atoms with Crippen LogP contribution in [0.4, 0.5) is 5.69 Å². The Morgan fingerprint density at radius 2 is 2.07 bits per heavy atom. The van der Waals surface area contributed by atoms with E-state index in [0.29, 0.717) is 11.6 Å². The van der Waals surface area contributed by atoms with E-state index in [0.717, 1.165) is 4.88 Å². The zero-order chi connectivity index (χ0) is 20.7. The smallest absolute Gasteiger partial charge is 0.294 e. The predicted octanol–water partition coefficient (Wildman–Crippen LogP) is 3.26. The number of para-hydroxylation sites is 2. The molecule has 30 heavy (non-hydrogen) atoms. The second-order valence-electron chi connectivity index (χ2n) is 6.34. The summed E-state index contributed by atoms with van der Waals surface area (Å²) in [5.74, 6) is 0.492. The molecule has 0 radical (unpaired) electrons. The predicted molar refractivity (Wildman–Crippen MR) is 109 cm³/mol. The Kier molecular flexibility index (Phi) is 4.21. The lowest BCUT2D eigenvalue weighted by molar-refractivity contribution is -0.384. The number of nitro groups is 1. The number of benzene rings is 1. The Hall–Kier alpha value is -4.12. The first-order chi connectivity index (χ1) is 14.6.